The van der Waals surface area contributed by atoms with Gasteiger partial charge >= 0.3 is 5.97 Å². The van der Waals surface area contributed by atoms with Gasteiger partial charge in [0, 0.05) is 12.5 Å². The van der Waals surface area contributed by atoms with Crippen molar-refractivity contribution in [1.29, 1.82) is 5.26 Å². The van der Waals surface area contributed by atoms with Crippen LogP contribution < -0.4 is 0 Å². The van der Waals surface area contributed by atoms with Crippen LogP contribution in [0.3, 0.4) is 0 Å². The summed E-state index contributed by atoms with van der Waals surface area (Å²) < 4.78 is 5.32. The molecule has 18 heavy (non-hydrogen) atoms. The van der Waals surface area contributed by atoms with E-state index in [1.807, 2.05) is 12.1 Å². The number of allylic oxidation sites excluding steroid dienone is 5. The number of esters is 1. The minimum atomic E-state index is -0.537. The standard InChI is InChI=1S/C15H17NO2/c1-2-3-8-13(9-7-12-16)15(17)18-14-10-5-4-6-11-14/h2-3,7-10,13H,1,4-6,11H2. The van der Waals surface area contributed by atoms with E-state index in [1.165, 1.54) is 12.2 Å². The molecular weight excluding hydrogens is 226 g/mol. The Bertz CT molecular complexity index is 424. The molecule has 0 amide bonds. The molecule has 1 aliphatic rings. The van der Waals surface area contributed by atoms with E-state index in [4.69, 9.17) is 10.00 Å². The van der Waals surface area contributed by atoms with Crippen LogP contribution in [-0.2, 0) is 9.53 Å². The summed E-state index contributed by atoms with van der Waals surface area (Å²) in [5.41, 5.74) is 0. The van der Waals surface area contributed by atoms with E-state index in [9.17, 15) is 4.79 Å². The van der Waals surface area contributed by atoms with Gasteiger partial charge in [-0.15, -0.1) is 0 Å². The lowest BCUT2D eigenvalue weighted by Gasteiger charge is -2.14. The summed E-state index contributed by atoms with van der Waals surface area (Å²) in [7, 11) is 0. The molecule has 0 N–H and O–H groups in total. The quantitative estimate of drug-likeness (QED) is 0.422. The van der Waals surface area contributed by atoms with Gasteiger partial charge in [-0.1, -0.05) is 30.9 Å². The maximum Gasteiger partial charge on any atom is 0.321 e. The number of hydrogen-bond acceptors (Lipinski definition) is 3. The molecule has 94 valence electrons. The predicted octanol–water partition coefficient (Wildman–Crippen LogP) is 3.43. The highest BCUT2D eigenvalue weighted by molar-refractivity contribution is 5.77. The molecule has 0 aromatic heterocycles. The van der Waals surface area contributed by atoms with Crippen LogP contribution in [0.1, 0.15) is 25.7 Å². The van der Waals surface area contributed by atoms with E-state index >= 15 is 0 Å². The average Bonchev–Trinajstić information content (AvgIpc) is 2.40. The molecule has 0 spiro atoms. The maximum atomic E-state index is 11.9. The third-order valence-corrected chi connectivity index (χ3v) is 2.59. The molecule has 0 aromatic carbocycles. The number of rotatable bonds is 5. The van der Waals surface area contributed by atoms with Gasteiger partial charge in [-0.25, -0.2) is 0 Å². The molecule has 1 unspecified atom stereocenters. The van der Waals surface area contributed by atoms with Gasteiger partial charge in [0.2, 0.25) is 0 Å². The fraction of sp³-hybridized carbons (Fsp3) is 0.333. The molecule has 0 heterocycles. The van der Waals surface area contributed by atoms with Gasteiger partial charge in [0.1, 0.15) is 5.76 Å². The molecule has 0 bridgehead atoms. The molecule has 0 aliphatic heterocycles. The Morgan fingerprint density at radius 3 is 2.94 bits per heavy atom. The minimum Gasteiger partial charge on any atom is -0.431 e. The molecule has 1 rings (SSSR count). The first kappa shape index (κ1) is 14.0. The second-order valence-corrected chi connectivity index (χ2v) is 3.97. The third kappa shape index (κ3) is 4.84. The molecule has 0 saturated carbocycles. The summed E-state index contributed by atoms with van der Waals surface area (Å²) in [6, 6.07) is 1.87. The minimum absolute atomic E-state index is 0.354. The molecule has 3 heteroatoms. The van der Waals surface area contributed by atoms with E-state index in [1.54, 1.807) is 18.2 Å². The van der Waals surface area contributed by atoms with E-state index in [2.05, 4.69) is 6.58 Å². The van der Waals surface area contributed by atoms with Crippen molar-refractivity contribution in [1.82, 2.24) is 0 Å². The molecule has 0 radical (unpaired) electrons. The first-order valence-corrected chi connectivity index (χ1v) is 6.04. The number of ether oxygens (including phenoxy) is 1. The van der Waals surface area contributed by atoms with Crippen molar-refractivity contribution in [2.75, 3.05) is 0 Å². The lowest BCUT2D eigenvalue weighted by molar-refractivity contribution is -0.141. The van der Waals surface area contributed by atoms with Crippen molar-refractivity contribution in [3.05, 3.63) is 48.8 Å². The maximum absolute atomic E-state index is 11.9. The first-order chi connectivity index (χ1) is 8.77. The van der Waals surface area contributed by atoms with Crippen molar-refractivity contribution in [3.8, 4) is 6.07 Å². The van der Waals surface area contributed by atoms with Crippen molar-refractivity contribution in [3.63, 3.8) is 0 Å². The van der Waals surface area contributed by atoms with Gasteiger partial charge in [-0.2, -0.15) is 5.26 Å². The number of hydrogen-bond donors (Lipinski definition) is 0. The average molecular weight is 243 g/mol. The van der Waals surface area contributed by atoms with Crippen LogP contribution >= 0.6 is 0 Å². The molecule has 3 nitrogen and oxygen atoms in total. The Morgan fingerprint density at radius 2 is 2.33 bits per heavy atom. The predicted molar refractivity (Wildman–Crippen MR) is 70.2 cm³/mol. The Labute approximate surface area is 108 Å². The number of carbonyl (C=O) groups excluding carboxylic acids is 1. The zero-order valence-corrected chi connectivity index (χ0v) is 10.3. The van der Waals surface area contributed by atoms with Crippen LogP contribution in [0, 0.1) is 17.2 Å². The van der Waals surface area contributed by atoms with Gasteiger partial charge in [-0.3, -0.25) is 4.79 Å². The normalized spacial score (nSPS) is 17.2. The van der Waals surface area contributed by atoms with Crippen molar-refractivity contribution >= 4 is 5.97 Å². The van der Waals surface area contributed by atoms with Crippen molar-refractivity contribution < 1.29 is 9.53 Å². The van der Waals surface area contributed by atoms with Crippen LogP contribution in [0.25, 0.3) is 0 Å². The van der Waals surface area contributed by atoms with Gasteiger partial charge in [0.05, 0.1) is 12.0 Å². The summed E-state index contributed by atoms with van der Waals surface area (Å²) in [4.78, 5) is 11.9. The van der Waals surface area contributed by atoms with E-state index in [0.717, 1.165) is 31.4 Å². The van der Waals surface area contributed by atoms with E-state index in [0.29, 0.717) is 0 Å². The van der Waals surface area contributed by atoms with Crippen LogP contribution in [0.2, 0.25) is 0 Å². The summed E-state index contributed by atoms with van der Waals surface area (Å²) >= 11 is 0. The third-order valence-electron chi connectivity index (χ3n) is 2.59. The fourth-order valence-corrected chi connectivity index (χ4v) is 1.66. The Hall–Kier alpha value is -2.08. The fourth-order valence-electron chi connectivity index (χ4n) is 1.66. The topological polar surface area (TPSA) is 50.1 Å². The molecule has 0 saturated heterocycles. The smallest absolute Gasteiger partial charge is 0.321 e. The highest BCUT2D eigenvalue weighted by Gasteiger charge is 2.16. The van der Waals surface area contributed by atoms with Crippen molar-refractivity contribution in [2.24, 2.45) is 5.92 Å². The molecule has 0 fully saturated rings. The highest BCUT2D eigenvalue weighted by atomic mass is 16.5. The van der Waals surface area contributed by atoms with Crippen molar-refractivity contribution in [2.45, 2.75) is 25.7 Å². The SMILES string of the molecule is C=CC=CC(C=CC#N)C(=O)OC1=CCCCC1. The number of carbonyl (C=O) groups is 1. The highest BCUT2D eigenvalue weighted by Crippen LogP contribution is 2.20. The van der Waals surface area contributed by atoms with E-state index < -0.39 is 5.92 Å². The Balaban J connectivity index is 2.66. The van der Waals surface area contributed by atoms with Gasteiger partial charge < -0.3 is 4.74 Å². The second kappa shape index (κ2) is 8.08. The zero-order chi connectivity index (χ0) is 13.2. The lowest BCUT2D eigenvalue weighted by Crippen LogP contribution is -2.14. The largest absolute Gasteiger partial charge is 0.431 e. The second-order valence-electron chi connectivity index (χ2n) is 3.97. The molecular formula is C15H17NO2. The number of nitriles is 1. The van der Waals surface area contributed by atoms with E-state index in [-0.39, 0.29) is 5.97 Å². The molecule has 0 aromatic rings. The lowest BCUT2D eigenvalue weighted by atomic mass is 10.1. The van der Waals surface area contributed by atoms with Crippen LogP contribution in [0.15, 0.2) is 48.8 Å². The Kier molecular flexibility index (Phi) is 6.27. The zero-order valence-electron chi connectivity index (χ0n) is 10.3. The number of nitrogens with zero attached hydrogens (tertiary/aromatic N) is 1. The first-order valence-electron chi connectivity index (χ1n) is 6.04. The summed E-state index contributed by atoms with van der Waals surface area (Å²) in [6.45, 7) is 3.55. The molecule has 1 atom stereocenters. The summed E-state index contributed by atoms with van der Waals surface area (Å²) in [5, 5.41) is 8.50. The van der Waals surface area contributed by atoms with Crippen LogP contribution in [-0.4, -0.2) is 5.97 Å². The van der Waals surface area contributed by atoms with Gasteiger partial charge in [0.15, 0.2) is 0 Å². The van der Waals surface area contributed by atoms with Gasteiger partial charge in [-0.05, 0) is 25.3 Å². The van der Waals surface area contributed by atoms with Gasteiger partial charge in [0.25, 0.3) is 0 Å². The van der Waals surface area contributed by atoms with Crippen LogP contribution in [0.4, 0.5) is 0 Å². The summed E-state index contributed by atoms with van der Waals surface area (Å²) in [6.07, 6.45) is 13.7. The van der Waals surface area contributed by atoms with Crippen LogP contribution in [0.5, 0.6) is 0 Å². The summed E-state index contributed by atoms with van der Waals surface area (Å²) in [5.74, 6) is -0.146. The molecule has 1 aliphatic carbocycles. The monoisotopic (exact) mass is 243 g/mol. The Morgan fingerprint density at radius 1 is 1.50 bits per heavy atom.